The van der Waals surface area contributed by atoms with Crippen LogP contribution in [0.4, 0.5) is 5.82 Å². The van der Waals surface area contributed by atoms with Crippen molar-refractivity contribution in [3.8, 4) is 0 Å². The molecule has 2 aliphatic heterocycles. The number of pyridine rings is 1. The number of aliphatic imine (C=N–C) groups is 1. The molecule has 25 heavy (non-hydrogen) atoms. The van der Waals surface area contributed by atoms with Crippen molar-refractivity contribution in [2.45, 2.75) is 57.9 Å². The van der Waals surface area contributed by atoms with Gasteiger partial charge in [-0.1, -0.05) is 31.7 Å². The molecule has 0 aromatic carbocycles. The molecule has 0 aliphatic carbocycles. The van der Waals surface area contributed by atoms with E-state index in [4.69, 9.17) is 5.73 Å². The number of aromatic nitrogens is 1. The molecule has 2 saturated heterocycles. The van der Waals surface area contributed by atoms with Gasteiger partial charge in [0.1, 0.15) is 5.82 Å². The molecular weight excluding hydrogens is 425 g/mol. The summed E-state index contributed by atoms with van der Waals surface area (Å²) in [6, 6.07) is 4.28. The lowest BCUT2D eigenvalue weighted by atomic mass is 10.2. The predicted molar refractivity (Wildman–Crippen MR) is 116 cm³/mol. The van der Waals surface area contributed by atoms with E-state index in [1.807, 2.05) is 6.20 Å². The Morgan fingerprint density at radius 3 is 2.08 bits per heavy atom. The van der Waals surface area contributed by atoms with Gasteiger partial charge >= 0.3 is 0 Å². The summed E-state index contributed by atoms with van der Waals surface area (Å²) >= 11 is 0. The van der Waals surface area contributed by atoms with Crippen LogP contribution in [0.3, 0.4) is 0 Å². The van der Waals surface area contributed by atoms with Crippen LogP contribution < -0.4 is 10.6 Å². The maximum Gasteiger partial charge on any atom is 0.191 e. The van der Waals surface area contributed by atoms with Crippen LogP contribution in [0.1, 0.15) is 56.9 Å². The third-order valence-electron chi connectivity index (χ3n) is 5.09. The Bertz CT molecular complexity index is 515. The molecule has 2 fully saturated rings. The first-order chi connectivity index (χ1) is 11.8. The second-order valence-electron chi connectivity index (χ2n) is 7.00. The van der Waals surface area contributed by atoms with E-state index in [2.05, 4.69) is 31.9 Å². The highest BCUT2D eigenvalue weighted by atomic mass is 127. The highest BCUT2D eigenvalue weighted by Gasteiger charge is 2.12. The van der Waals surface area contributed by atoms with E-state index in [0.717, 1.165) is 37.6 Å². The van der Waals surface area contributed by atoms with Crippen molar-refractivity contribution in [2.75, 3.05) is 31.1 Å². The monoisotopic (exact) mass is 457 g/mol. The van der Waals surface area contributed by atoms with Crippen LogP contribution in [0.2, 0.25) is 0 Å². The molecule has 2 N–H and O–H groups in total. The van der Waals surface area contributed by atoms with Crippen molar-refractivity contribution in [1.82, 2.24) is 9.88 Å². The minimum atomic E-state index is 0. The van der Waals surface area contributed by atoms with Gasteiger partial charge < -0.3 is 15.5 Å². The first-order valence-electron chi connectivity index (χ1n) is 9.58. The van der Waals surface area contributed by atoms with Crippen LogP contribution in [-0.4, -0.2) is 42.0 Å². The van der Waals surface area contributed by atoms with Gasteiger partial charge in [-0.2, -0.15) is 0 Å². The van der Waals surface area contributed by atoms with Gasteiger partial charge in [-0.25, -0.2) is 9.98 Å². The fraction of sp³-hybridized carbons (Fsp3) is 0.684. The summed E-state index contributed by atoms with van der Waals surface area (Å²) in [6.45, 7) is 4.97. The van der Waals surface area contributed by atoms with Crippen molar-refractivity contribution in [3.05, 3.63) is 23.9 Å². The molecule has 5 nitrogen and oxygen atoms in total. The Morgan fingerprint density at radius 1 is 0.920 bits per heavy atom. The molecule has 3 rings (SSSR count). The fourth-order valence-electron chi connectivity index (χ4n) is 3.57. The Morgan fingerprint density at radius 2 is 1.52 bits per heavy atom. The van der Waals surface area contributed by atoms with Crippen LogP contribution >= 0.6 is 24.0 Å². The molecule has 3 heterocycles. The minimum Gasteiger partial charge on any atom is -0.370 e. The molecule has 140 valence electrons. The normalized spacial score (nSPS) is 19.8. The quantitative estimate of drug-likeness (QED) is 0.427. The van der Waals surface area contributed by atoms with E-state index in [1.165, 1.54) is 51.4 Å². The zero-order valence-corrected chi connectivity index (χ0v) is 17.5. The van der Waals surface area contributed by atoms with E-state index < -0.39 is 0 Å². The first-order valence-corrected chi connectivity index (χ1v) is 9.58. The molecule has 0 spiro atoms. The Balaban J connectivity index is 0.00000225. The van der Waals surface area contributed by atoms with E-state index >= 15 is 0 Å². The highest BCUT2D eigenvalue weighted by molar-refractivity contribution is 14.0. The van der Waals surface area contributed by atoms with E-state index in [0.29, 0.717) is 12.5 Å². The number of nitrogens with zero attached hydrogens (tertiary/aromatic N) is 4. The van der Waals surface area contributed by atoms with Gasteiger partial charge in [-0.15, -0.1) is 24.0 Å². The highest BCUT2D eigenvalue weighted by Crippen LogP contribution is 2.17. The Hall–Kier alpha value is -1.05. The topological polar surface area (TPSA) is 57.8 Å². The van der Waals surface area contributed by atoms with Gasteiger partial charge in [-0.05, 0) is 37.3 Å². The number of hydrogen-bond donors (Lipinski definition) is 1. The summed E-state index contributed by atoms with van der Waals surface area (Å²) < 4.78 is 0. The van der Waals surface area contributed by atoms with Gasteiger partial charge in [0.05, 0.1) is 6.54 Å². The molecular formula is C19H32IN5. The average molecular weight is 457 g/mol. The molecule has 0 amide bonds. The molecule has 0 atom stereocenters. The number of halogens is 1. The summed E-state index contributed by atoms with van der Waals surface area (Å²) in [7, 11) is 0. The van der Waals surface area contributed by atoms with E-state index in [-0.39, 0.29) is 24.0 Å². The summed E-state index contributed by atoms with van der Waals surface area (Å²) in [6.07, 6.45) is 12.3. The number of nitrogens with two attached hydrogens (primary N) is 1. The number of guanidine groups is 1. The summed E-state index contributed by atoms with van der Waals surface area (Å²) in [4.78, 5) is 13.9. The van der Waals surface area contributed by atoms with Crippen molar-refractivity contribution < 1.29 is 0 Å². The summed E-state index contributed by atoms with van der Waals surface area (Å²) in [5.41, 5.74) is 7.31. The van der Waals surface area contributed by atoms with Crippen LogP contribution in [0, 0.1) is 0 Å². The van der Waals surface area contributed by atoms with Gasteiger partial charge in [-0.3, -0.25) is 0 Å². The Labute approximate surface area is 169 Å². The van der Waals surface area contributed by atoms with Crippen molar-refractivity contribution in [3.63, 3.8) is 0 Å². The molecule has 1 aromatic rings. The van der Waals surface area contributed by atoms with Gasteiger partial charge in [0.15, 0.2) is 5.96 Å². The zero-order chi connectivity index (χ0) is 16.6. The smallest absolute Gasteiger partial charge is 0.191 e. The second kappa shape index (κ2) is 10.8. The third-order valence-corrected chi connectivity index (χ3v) is 5.09. The maximum atomic E-state index is 6.18. The number of likely N-dealkylation sites (tertiary alicyclic amines) is 1. The van der Waals surface area contributed by atoms with Crippen LogP contribution in [0.25, 0.3) is 0 Å². The lowest BCUT2D eigenvalue weighted by Crippen LogP contribution is -2.38. The van der Waals surface area contributed by atoms with Gasteiger partial charge in [0.2, 0.25) is 0 Å². The largest absolute Gasteiger partial charge is 0.370 e. The summed E-state index contributed by atoms with van der Waals surface area (Å²) in [5.74, 6) is 1.79. The van der Waals surface area contributed by atoms with Crippen LogP contribution in [0.15, 0.2) is 23.3 Å². The molecule has 2 aliphatic rings. The van der Waals surface area contributed by atoms with E-state index in [9.17, 15) is 0 Å². The Kier molecular flexibility index (Phi) is 8.78. The first kappa shape index (κ1) is 20.3. The van der Waals surface area contributed by atoms with Crippen LogP contribution in [0.5, 0.6) is 0 Å². The minimum absolute atomic E-state index is 0. The van der Waals surface area contributed by atoms with Gasteiger partial charge in [0.25, 0.3) is 0 Å². The zero-order valence-electron chi connectivity index (χ0n) is 15.2. The van der Waals surface area contributed by atoms with Crippen LogP contribution in [-0.2, 0) is 6.54 Å². The van der Waals surface area contributed by atoms with Crippen molar-refractivity contribution >= 4 is 35.8 Å². The SMILES string of the molecule is I.NC(=NCc1ccc(N2CCCCCC2)nc1)N1CCCCCC1. The molecule has 0 radical (unpaired) electrons. The van der Waals surface area contributed by atoms with Gasteiger partial charge in [0, 0.05) is 32.4 Å². The maximum absolute atomic E-state index is 6.18. The molecule has 0 bridgehead atoms. The number of rotatable bonds is 3. The lowest BCUT2D eigenvalue weighted by molar-refractivity contribution is 0.428. The molecule has 0 saturated carbocycles. The third kappa shape index (κ3) is 6.31. The van der Waals surface area contributed by atoms with E-state index in [1.54, 1.807) is 0 Å². The van der Waals surface area contributed by atoms with Crippen molar-refractivity contribution in [1.29, 1.82) is 0 Å². The molecule has 6 heteroatoms. The standard InChI is InChI=1S/C19H31N5.HI/c20-19(24-13-7-3-4-8-14-24)22-16-17-9-10-18(21-15-17)23-11-5-1-2-6-12-23;/h9-10,15H,1-8,11-14,16H2,(H2,20,22);1H. The van der Waals surface area contributed by atoms with Crippen molar-refractivity contribution in [2.24, 2.45) is 10.7 Å². The average Bonchev–Trinajstić information content (AvgIpc) is 3.05. The predicted octanol–water partition coefficient (Wildman–Crippen LogP) is 3.77. The lowest BCUT2D eigenvalue weighted by Gasteiger charge is -2.22. The summed E-state index contributed by atoms with van der Waals surface area (Å²) in [5, 5.41) is 0. The fourth-order valence-corrected chi connectivity index (χ4v) is 3.57. The molecule has 1 aromatic heterocycles. The number of hydrogen-bond acceptors (Lipinski definition) is 3. The second-order valence-corrected chi connectivity index (χ2v) is 7.00. The molecule has 0 unspecified atom stereocenters. The number of anilines is 1.